The number of nitrogens with zero attached hydrogens (tertiary/aromatic N) is 2. The van der Waals surface area contributed by atoms with Crippen LogP contribution in [0.3, 0.4) is 0 Å². The van der Waals surface area contributed by atoms with E-state index in [1.165, 1.54) is 26.4 Å². The minimum Gasteiger partial charge on any atom is -0.465 e. The maximum absolute atomic E-state index is 11.4. The van der Waals surface area contributed by atoms with E-state index in [2.05, 4.69) is 28.5 Å². The third-order valence-electron chi connectivity index (χ3n) is 4.44. The third-order valence-corrected chi connectivity index (χ3v) is 4.44. The van der Waals surface area contributed by atoms with E-state index in [0.717, 1.165) is 37.2 Å². The van der Waals surface area contributed by atoms with Gasteiger partial charge in [0.1, 0.15) is 0 Å². The van der Waals surface area contributed by atoms with Gasteiger partial charge in [0.25, 0.3) is 0 Å². The fourth-order valence-electron chi connectivity index (χ4n) is 2.99. The maximum Gasteiger partial charge on any atom is 0.339 e. The van der Waals surface area contributed by atoms with E-state index in [1.54, 1.807) is 12.3 Å². The number of likely N-dealkylation sites (tertiary alicyclic amines) is 1. The van der Waals surface area contributed by atoms with Crippen LogP contribution in [0.2, 0.25) is 0 Å². The van der Waals surface area contributed by atoms with Crippen molar-refractivity contribution < 1.29 is 9.53 Å². The summed E-state index contributed by atoms with van der Waals surface area (Å²) >= 11 is 0. The van der Waals surface area contributed by atoms with Crippen molar-refractivity contribution in [2.24, 2.45) is 11.8 Å². The van der Waals surface area contributed by atoms with Crippen molar-refractivity contribution in [2.75, 3.05) is 20.2 Å². The molecule has 0 radical (unpaired) electrons. The summed E-state index contributed by atoms with van der Waals surface area (Å²) in [5.41, 5.74) is 1.53. The van der Waals surface area contributed by atoms with Gasteiger partial charge in [-0.05, 0) is 56.3 Å². The second-order valence-corrected chi connectivity index (χ2v) is 6.24. The van der Waals surface area contributed by atoms with Gasteiger partial charge in [-0.15, -0.1) is 0 Å². The summed E-state index contributed by atoms with van der Waals surface area (Å²) in [7, 11) is 1.39. The maximum atomic E-state index is 11.4. The lowest BCUT2D eigenvalue weighted by atomic mass is 9.89. The zero-order chi connectivity index (χ0) is 15.2. The van der Waals surface area contributed by atoms with Gasteiger partial charge in [0.05, 0.1) is 18.4 Å². The minimum atomic E-state index is -0.330. The predicted molar refractivity (Wildman–Crippen MR) is 83.0 cm³/mol. The Hall–Kier alpha value is -1.42. The SMILES string of the molecule is COC(=O)c1ccc(CN2CCCC(C(C)C)CC2)nc1. The summed E-state index contributed by atoms with van der Waals surface area (Å²) in [5.74, 6) is 1.30. The fraction of sp³-hybridized carbons (Fsp3) is 0.647. The largest absolute Gasteiger partial charge is 0.465 e. The summed E-state index contributed by atoms with van der Waals surface area (Å²) < 4.78 is 4.69. The Kier molecular flexibility index (Phi) is 5.74. The van der Waals surface area contributed by atoms with Crippen LogP contribution in [-0.4, -0.2) is 36.1 Å². The number of ether oxygens (including phenoxy) is 1. The molecule has 1 aromatic heterocycles. The van der Waals surface area contributed by atoms with Crippen molar-refractivity contribution in [2.45, 2.75) is 39.7 Å². The van der Waals surface area contributed by atoms with E-state index in [1.807, 2.05) is 6.07 Å². The number of hydrogen-bond donors (Lipinski definition) is 0. The smallest absolute Gasteiger partial charge is 0.339 e. The summed E-state index contributed by atoms with van der Waals surface area (Å²) in [4.78, 5) is 18.2. The van der Waals surface area contributed by atoms with Crippen LogP contribution in [0.15, 0.2) is 18.3 Å². The van der Waals surface area contributed by atoms with E-state index >= 15 is 0 Å². The van der Waals surface area contributed by atoms with Gasteiger partial charge in [-0.3, -0.25) is 9.88 Å². The molecule has 1 fully saturated rings. The number of carbonyl (C=O) groups is 1. The van der Waals surface area contributed by atoms with Crippen LogP contribution < -0.4 is 0 Å². The third kappa shape index (κ3) is 4.53. The van der Waals surface area contributed by atoms with E-state index < -0.39 is 0 Å². The van der Waals surface area contributed by atoms with E-state index in [-0.39, 0.29) is 5.97 Å². The fourth-order valence-corrected chi connectivity index (χ4v) is 2.99. The van der Waals surface area contributed by atoms with Crippen LogP contribution in [0.1, 0.15) is 49.2 Å². The number of rotatable bonds is 4. The minimum absolute atomic E-state index is 0.330. The highest BCUT2D eigenvalue weighted by molar-refractivity contribution is 5.88. The topological polar surface area (TPSA) is 42.4 Å². The molecule has 2 rings (SSSR count). The molecule has 0 saturated carbocycles. The molecule has 0 amide bonds. The first kappa shape index (κ1) is 16.0. The summed E-state index contributed by atoms with van der Waals surface area (Å²) in [6.07, 6.45) is 5.49. The average Bonchev–Trinajstić information content (AvgIpc) is 2.73. The van der Waals surface area contributed by atoms with Gasteiger partial charge in [0.2, 0.25) is 0 Å². The molecule has 0 aromatic carbocycles. The molecule has 0 spiro atoms. The first-order valence-electron chi connectivity index (χ1n) is 7.85. The molecular weight excluding hydrogens is 264 g/mol. The molecule has 1 unspecified atom stereocenters. The molecule has 0 N–H and O–H groups in total. The van der Waals surface area contributed by atoms with Crippen molar-refractivity contribution in [1.29, 1.82) is 0 Å². The zero-order valence-electron chi connectivity index (χ0n) is 13.3. The average molecular weight is 290 g/mol. The van der Waals surface area contributed by atoms with Gasteiger partial charge in [0.15, 0.2) is 0 Å². The van der Waals surface area contributed by atoms with E-state index in [4.69, 9.17) is 0 Å². The van der Waals surface area contributed by atoms with E-state index in [9.17, 15) is 4.79 Å². The van der Waals surface area contributed by atoms with Crippen LogP contribution in [0.5, 0.6) is 0 Å². The highest BCUT2D eigenvalue weighted by Gasteiger charge is 2.19. The van der Waals surface area contributed by atoms with Crippen LogP contribution in [-0.2, 0) is 11.3 Å². The van der Waals surface area contributed by atoms with Gasteiger partial charge in [-0.1, -0.05) is 13.8 Å². The molecule has 116 valence electrons. The van der Waals surface area contributed by atoms with Crippen LogP contribution >= 0.6 is 0 Å². The van der Waals surface area contributed by atoms with Crippen LogP contribution in [0, 0.1) is 11.8 Å². The van der Waals surface area contributed by atoms with Gasteiger partial charge in [0, 0.05) is 12.7 Å². The molecule has 1 saturated heterocycles. The lowest BCUT2D eigenvalue weighted by Gasteiger charge is -2.21. The molecule has 4 nitrogen and oxygen atoms in total. The summed E-state index contributed by atoms with van der Waals surface area (Å²) in [6.45, 7) is 7.81. The Morgan fingerprint density at radius 2 is 2.19 bits per heavy atom. The van der Waals surface area contributed by atoms with Crippen molar-refractivity contribution in [3.63, 3.8) is 0 Å². The number of carbonyl (C=O) groups excluding carboxylic acids is 1. The van der Waals surface area contributed by atoms with E-state index in [0.29, 0.717) is 5.56 Å². The molecule has 1 aliphatic heterocycles. The normalized spacial score (nSPS) is 20.3. The van der Waals surface area contributed by atoms with Crippen molar-refractivity contribution >= 4 is 5.97 Å². The molecule has 0 bridgehead atoms. The predicted octanol–water partition coefficient (Wildman–Crippen LogP) is 3.13. The monoisotopic (exact) mass is 290 g/mol. The molecule has 21 heavy (non-hydrogen) atoms. The number of pyridine rings is 1. The molecule has 1 aromatic rings. The number of methoxy groups -OCH3 is 1. The molecule has 0 aliphatic carbocycles. The standard InChI is InChI=1S/C17H26N2O2/c1-13(2)14-5-4-9-19(10-8-14)12-16-7-6-15(11-18-16)17(20)21-3/h6-7,11,13-14H,4-5,8-10,12H2,1-3H3. The van der Waals surface area contributed by atoms with Crippen molar-refractivity contribution in [3.8, 4) is 0 Å². The van der Waals surface area contributed by atoms with Gasteiger partial charge in [-0.2, -0.15) is 0 Å². The van der Waals surface area contributed by atoms with Gasteiger partial charge >= 0.3 is 5.97 Å². The molecule has 2 heterocycles. The second kappa shape index (κ2) is 7.55. The molecule has 1 aliphatic rings. The number of hydrogen-bond acceptors (Lipinski definition) is 4. The van der Waals surface area contributed by atoms with Crippen molar-refractivity contribution in [3.05, 3.63) is 29.6 Å². The molecule has 1 atom stereocenters. The number of aromatic nitrogens is 1. The quantitative estimate of drug-likeness (QED) is 0.799. The van der Waals surface area contributed by atoms with Gasteiger partial charge < -0.3 is 4.74 Å². The van der Waals surface area contributed by atoms with Gasteiger partial charge in [-0.25, -0.2) is 4.79 Å². The molecule has 4 heteroatoms. The van der Waals surface area contributed by atoms with Crippen molar-refractivity contribution in [1.82, 2.24) is 9.88 Å². The Morgan fingerprint density at radius 3 is 2.81 bits per heavy atom. The Labute approximate surface area is 127 Å². The second-order valence-electron chi connectivity index (χ2n) is 6.24. The summed E-state index contributed by atoms with van der Waals surface area (Å²) in [5, 5.41) is 0. The first-order valence-corrected chi connectivity index (χ1v) is 7.85. The molecular formula is C17H26N2O2. The number of esters is 1. The summed E-state index contributed by atoms with van der Waals surface area (Å²) in [6, 6.07) is 3.72. The first-order chi connectivity index (χ1) is 10.1. The lowest BCUT2D eigenvalue weighted by Crippen LogP contribution is -2.25. The van der Waals surface area contributed by atoms with Crippen LogP contribution in [0.25, 0.3) is 0 Å². The highest BCUT2D eigenvalue weighted by Crippen LogP contribution is 2.25. The zero-order valence-corrected chi connectivity index (χ0v) is 13.3. The Balaban J connectivity index is 1.91. The lowest BCUT2D eigenvalue weighted by molar-refractivity contribution is 0.0600. The highest BCUT2D eigenvalue weighted by atomic mass is 16.5. The Bertz CT molecular complexity index is 456. The van der Waals surface area contributed by atoms with Crippen LogP contribution in [0.4, 0.5) is 0 Å². The Morgan fingerprint density at radius 1 is 1.38 bits per heavy atom.